The maximum atomic E-state index is 6.39. The Morgan fingerprint density at radius 3 is 2.71 bits per heavy atom. The van der Waals surface area contributed by atoms with E-state index in [1.165, 1.54) is 5.56 Å². The van der Waals surface area contributed by atoms with Crippen molar-refractivity contribution < 1.29 is 19.1 Å². The summed E-state index contributed by atoms with van der Waals surface area (Å²) >= 11 is 6.08. The quantitative estimate of drug-likeness (QED) is 0.539. The van der Waals surface area contributed by atoms with Crippen molar-refractivity contribution in [2.75, 3.05) is 51.3 Å². The highest BCUT2D eigenvalue weighted by Crippen LogP contribution is 2.44. The molecule has 1 fully saturated rings. The highest BCUT2D eigenvalue weighted by molar-refractivity contribution is 7.80. The molecular formula is C28H40N3O3S+. The Morgan fingerprint density at radius 2 is 1.97 bits per heavy atom. The van der Waals surface area contributed by atoms with Crippen molar-refractivity contribution in [2.24, 2.45) is 0 Å². The number of morpholine rings is 1. The number of rotatable bonds is 8. The highest BCUT2D eigenvalue weighted by atomic mass is 32.1. The summed E-state index contributed by atoms with van der Waals surface area (Å²) in [6, 6.07) is 14.8. The Bertz CT molecular complexity index is 1010. The van der Waals surface area contributed by atoms with E-state index in [0.29, 0.717) is 6.61 Å². The van der Waals surface area contributed by atoms with Gasteiger partial charge in [0.2, 0.25) is 0 Å². The van der Waals surface area contributed by atoms with Crippen molar-refractivity contribution in [1.82, 2.24) is 4.90 Å². The van der Waals surface area contributed by atoms with Crippen LogP contribution in [0.25, 0.3) is 0 Å². The van der Waals surface area contributed by atoms with Crippen LogP contribution in [0.15, 0.2) is 42.5 Å². The van der Waals surface area contributed by atoms with Gasteiger partial charge in [-0.2, -0.15) is 0 Å². The minimum atomic E-state index is -0.299. The SMILES string of the molecule is CCOc1ccc2c(c1)C(N(CC[NH+]1CCOCC1)C(=S)Nc1cccc(CC)c1)CC(C)(C)O2. The largest absolute Gasteiger partial charge is 0.494 e. The Hall–Kier alpha value is -2.35. The second-order valence-corrected chi connectivity index (χ2v) is 10.4. The summed E-state index contributed by atoms with van der Waals surface area (Å²) in [7, 11) is 0. The van der Waals surface area contributed by atoms with Crippen LogP contribution in [0, 0.1) is 0 Å². The summed E-state index contributed by atoms with van der Waals surface area (Å²) < 4.78 is 17.8. The second-order valence-electron chi connectivity index (χ2n) is 10.0. The molecule has 0 spiro atoms. The van der Waals surface area contributed by atoms with Crippen LogP contribution in [0.1, 0.15) is 51.3 Å². The van der Waals surface area contributed by atoms with Crippen molar-refractivity contribution in [3.05, 3.63) is 53.6 Å². The van der Waals surface area contributed by atoms with Gasteiger partial charge < -0.3 is 29.3 Å². The average Bonchev–Trinajstić information content (AvgIpc) is 2.85. The third-order valence-electron chi connectivity index (χ3n) is 6.85. The standard InChI is InChI=1S/C28H39N3O3S/c1-5-21-8-7-9-22(18-21)29-27(35)31(13-12-30-14-16-32-17-15-30)25-20-28(3,4)34-26-11-10-23(33-6-2)19-24(25)26/h7-11,18-19,25H,5-6,12-17,20H2,1-4H3,(H,29,35)/p+1. The van der Waals surface area contributed by atoms with Gasteiger partial charge in [-0.25, -0.2) is 0 Å². The van der Waals surface area contributed by atoms with Gasteiger partial charge in [0.25, 0.3) is 0 Å². The van der Waals surface area contributed by atoms with Crippen LogP contribution in [0.4, 0.5) is 5.69 Å². The van der Waals surface area contributed by atoms with E-state index >= 15 is 0 Å². The number of anilines is 1. The predicted octanol–water partition coefficient (Wildman–Crippen LogP) is 3.86. The number of hydrogen-bond donors (Lipinski definition) is 2. The molecule has 190 valence electrons. The molecule has 7 heteroatoms. The molecule has 4 rings (SSSR count). The van der Waals surface area contributed by atoms with E-state index in [-0.39, 0.29) is 11.6 Å². The van der Waals surface area contributed by atoms with Crippen LogP contribution in [0.3, 0.4) is 0 Å². The Kier molecular flexibility index (Phi) is 8.52. The molecule has 2 aromatic carbocycles. The lowest BCUT2D eigenvalue weighted by atomic mass is 9.88. The molecule has 6 nitrogen and oxygen atoms in total. The van der Waals surface area contributed by atoms with Gasteiger partial charge >= 0.3 is 0 Å². The molecule has 0 aromatic heterocycles. The van der Waals surface area contributed by atoms with Gasteiger partial charge in [-0.05, 0) is 75.3 Å². The van der Waals surface area contributed by atoms with E-state index in [2.05, 4.69) is 61.3 Å². The van der Waals surface area contributed by atoms with Crippen LogP contribution in [0.2, 0.25) is 0 Å². The summed E-state index contributed by atoms with van der Waals surface area (Å²) in [4.78, 5) is 3.93. The van der Waals surface area contributed by atoms with E-state index in [1.807, 2.05) is 19.1 Å². The van der Waals surface area contributed by atoms with Gasteiger partial charge in [0.1, 0.15) is 30.2 Å². The fourth-order valence-electron chi connectivity index (χ4n) is 4.98. The fourth-order valence-corrected chi connectivity index (χ4v) is 5.32. The Balaban J connectivity index is 1.64. The molecule has 1 unspecified atom stereocenters. The summed E-state index contributed by atoms with van der Waals surface area (Å²) in [5, 5.41) is 4.30. The van der Waals surface area contributed by atoms with E-state index in [4.69, 9.17) is 26.4 Å². The molecule has 0 aliphatic carbocycles. The third-order valence-corrected chi connectivity index (χ3v) is 7.19. The first-order chi connectivity index (χ1) is 16.9. The van der Waals surface area contributed by atoms with Crippen LogP contribution in [-0.4, -0.2) is 61.6 Å². The number of nitrogens with zero attached hydrogens (tertiary/aromatic N) is 1. The van der Waals surface area contributed by atoms with Gasteiger partial charge in [0.05, 0.1) is 39.0 Å². The van der Waals surface area contributed by atoms with Crippen molar-refractivity contribution in [1.29, 1.82) is 0 Å². The fraction of sp³-hybridized carbons (Fsp3) is 0.536. The normalized spacial score (nSPS) is 19.4. The lowest BCUT2D eigenvalue weighted by Gasteiger charge is -2.44. The van der Waals surface area contributed by atoms with Crippen LogP contribution in [-0.2, 0) is 11.2 Å². The molecular weight excluding hydrogens is 458 g/mol. The number of benzene rings is 2. The molecule has 0 amide bonds. The maximum Gasteiger partial charge on any atom is 0.174 e. The van der Waals surface area contributed by atoms with Crippen LogP contribution >= 0.6 is 12.2 Å². The van der Waals surface area contributed by atoms with Gasteiger partial charge in [0.15, 0.2) is 5.11 Å². The summed E-state index contributed by atoms with van der Waals surface area (Å²) in [5.74, 6) is 1.78. The number of hydrogen-bond acceptors (Lipinski definition) is 4. The van der Waals surface area contributed by atoms with E-state index in [1.54, 1.807) is 4.90 Å². The molecule has 2 aliphatic rings. The van der Waals surface area contributed by atoms with Gasteiger partial charge in [0, 0.05) is 17.7 Å². The highest BCUT2D eigenvalue weighted by Gasteiger charge is 2.38. The minimum Gasteiger partial charge on any atom is -0.494 e. The van der Waals surface area contributed by atoms with Crippen molar-refractivity contribution in [3.63, 3.8) is 0 Å². The first kappa shape index (κ1) is 25.7. The van der Waals surface area contributed by atoms with Crippen molar-refractivity contribution in [3.8, 4) is 11.5 Å². The van der Waals surface area contributed by atoms with E-state index < -0.39 is 0 Å². The monoisotopic (exact) mass is 498 g/mol. The topological polar surface area (TPSA) is 47.4 Å². The van der Waals surface area contributed by atoms with Crippen molar-refractivity contribution in [2.45, 2.75) is 52.2 Å². The Morgan fingerprint density at radius 1 is 1.17 bits per heavy atom. The second kappa shape index (κ2) is 11.6. The first-order valence-corrected chi connectivity index (χ1v) is 13.3. The lowest BCUT2D eigenvalue weighted by Crippen LogP contribution is -3.14. The molecule has 0 radical (unpaired) electrons. The third kappa shape index (κ3) is 6.66. The lowest BCUT2D eigenvalue weighted by molar-refractivity contribution is -0.907. The Labute approximate surface area is 215 Å². The number of quaternary nitrogens is 1. The smallest absolute Gasteiger partial charge is 0.174 e. The number of aryl methyl sites for hydroxylation is 1. The average molecular weight is 499 g/mol. The van der Waals surface area contributed by atoms with Crippen molar-refractivity contribution >= 4 is 23.0 Å². The molecule has 2 N–H and O–H groups in total. The van der Waals surface area contributed by atoms with Gasteiger partial charge in [-0.15, -0.1) is 0 Å². The summed E-state index contributed by atoms with van der Waals surface area (Å²) in [5.41, 5.74) is 3.17. The molecule has 35 heavy (non-hydrogen) atoms. The van der Waals surface area contributed by atoms with E-state index in [9.17, 15) is 0 Å². The van der Waals surface area contributed by atoms with Gasteiger partial charge in [-0.3, -0.25) is 0 Å². The number of thiocarbonyl (C=S) groups is 1. The molecule has 0 bridgehead atoms. The number of nitrogens with one attached hydrogen (secondary N) is 2. The van der Waals surface area contributed by atoms with Crippen LogP contribution in [0.5, 0.6) is 11.5 Å². The molecule has 0 saturated carbocycles. The summed E-state index contributed by atoms with van der Waals surface area (Å²) in [6.07, 6.45) is 1.83. The maximum absolute atomic E-state index is 6.39. The number of fused-ring (bicyclic) bond motifs is 1. The summed E-state index contributed by atoms with van der Waals surface area (Å²) in [6.45, 7) is 14.7. The zero-order chi connectivity index (χ0) is 24.8. The van der Waals surface area contributed by atoms with E-state index in [0.717, 1.165) is 80.1 Å². The zero-order valence-corrected chi connectivity index (χ0v) is 22.4. The zero-order valence-electron chi connectivity index (χ0n) is 21.6. The molecule has 2 aromatic rings. The van der Waals surface area contributed by atoms with Gasteiger partial charge in [-0.1, -0.05) is 19.1 Å². The molecule has 1 saturated heterocycles. The molecule has 2 heterocycles. The predicted molar refractivity (Wildman–Crippen MR) is 145 cm³/mol. The molecule has 1 atom stereocenters. The number of ether oxygens (including phenoxy) is 3. The minimum absolute atomic E-state index is 0.0870. The van der Waals surface area contributed by atoms with Crippen LogP contribution < -0.4 is 19.7 Å². The molecule has 2 aliphatic heterocycles. The first-order valence-electron chi connectivity index (χ1n) is 12.9.